The number of hydrogen-bond acceptors (Lipinski definition) is 6. The molecule has 0 aliphatic carbocycles. The zero-order valence-electron chi connectivity index (χ0n) is 20.2. The van der Waals surface area contributed by atoms with E-state index in [4.69, 9.17) is 25.8 Å². The number of fused-ring (bicyclic) bond motifs is 1. The number of aryl methyl sites for hydroxylation is 1. The number of methoxy groups -OCH3 is 3. The first-order valence-corrected chi connectivity index (χ1v) is 11.7. The number of benzene rings is 2. The average molecular weight is 508 g/mol. The van der Waals surface area contributed by atoms with Crippen LogP contribution in [0.5, 0.6) is 11.5 Å². The SMILES string of the molecule is COC(=O)c1ccc(NC(=O)c2cc3n(n2)/C(c2ccc(OC)c(OC)c2)=C\C=C/CCC3)c(Cl)c1. The number of aromatic nitrogens is 2. The van der Waals surface area contributed by atoms with E-state index in [0.717, 1.165) is 36.2 Å². The highest BCUT2D eigenvalue weighted by molar-refractivity contribution is 6.34. The van der Waals surface area contributed by atoms with E-state index in [2.05, 4.69) is 16.5 Å². The summed E-state index contributed by atoms with van der Waals surface area (Å²) in [5.74, 6) is 0.290. The maximum atomic E-state index is 13.1. The van der Waals surface area contributed by atoms with Crippen LogP contribution >= 0.6 is 11.6 Å². The number of allylic oxidation sites excluding steroid dienone is 3. The predicted octanol–water partition coefficient (Wildman–Crippen LogP) is 5.37. The highest BCUT2D eigenvalue weighted by Crippen LogP contribution is 2.32. The molecule has 186 valence electrons. The number of nitrogens with zero attached hydrogens (tertiary/aromatic N) is 2. The van der Waals surface area contributed by atoms with E-state index in [1.54, 1.807) is 31.0 Å². The minimum absolute atomic E-state index is 0.219. The lowest BCUT2D eigenvalue weighted by molar-refractivity contribution is 0.0600. The van der Waals surface area contributed by atoms with Gasteiger partial charge in [0, 0.05) is 11.3 Å². The minimum atomic E-state index is -0.511. The summed E-state index contributed by atoms with van der Waals surface area (Å²) in [5.41, 5.74) is 3.45. The first-order valence-electron chi connectivity index (χ1n) is 11.3. The van der Waals surface area contributed by atoms with Crippen molar-refractivity contribution in [1.82, 2.24) is 9.78 Å². The standard InChI is InChI=1S/C27H26ClN3O5/c1-34-24-13-11-17(15-25(24)35-2)23-9-7-5-4-6-8-19-16-22(30-31(19)23)26(32)29-21-12-10-18(14-20(21)28)27(33)36-3/h5,7,9-16H,4,6,8H2,1-3H3,(H,29,32)/b7-5-,23-9-. The number of hydrogen-bond donors (Lipinski definition) is 1. The van der Waals surface area contributed by atoms with Gasteiger partial charge in [0.05, 0.1) is 43.3 Å². The summed E-state index contributed by atoms with van der Waals surface area (Å²) in [6.07, 6.45) is 8.63. The summed E-state index contributed by atoms with van der Waals surface area (Å²) in [4.78, 5) is 24.9. The largest absolute Gasteiger partial charge is 0.493 e. The van der Waals surface area contributed by atoms with Crippen molar-refractivity contribution in [1.29, 1.82) is 0 Å². The lowest BCUT2D eigenvalue weighted by Gasteiger charge is -2.14. The number of anilines is 1. The van der Waals surface area contributed by atoms with Gasteiger partial charge in [0.1, 0.15) is 0 Å². The lowest BCUT2D eigenvalue weighted by atomic mass is 10.1. The number of carbonyl (C=O) groups is 2. The number of esters is 1. The van der Waals surface area contributed by atoms with Crippen LogP contribution in [0.4, 0.5) is 5.69 Å². The number of rotatable bonds is 6. The Morgan fingerprint density at radius 1 is 1.03 bits per heavy atom. The van der Waals surface area contributed by atoms with Crippen LogP contribution < -0.4 is 14.8 Å². The van der Waals surface area contributed by atoms with Gasteiger partial charge in [-0.05, 0) is 67.8 Å². The van der Waals surface area contributed by atoms with Crippen LogP contribution in [-0.2, 0) is 11.2 Å². The van der Waals surface area contributed by atoms with Gasteiger partial charge >= 0.3 is 5.97 Å². The Hall–Kier alpha value is -4.04. The second kappa shape index (κ2) is 11.1. The molecule has 4 rings (SSSR count). The fourth-order valence-corrected chi connectivity index (χ4v) is 4.13. The van der Waals surface area contributed by atoms with Gasteiger partial charge in [-0.15, -0.1) is 0 Å². The Morgan fingerprint density at radius 2 is 1.83 bits per heavy atom. The van der Waals surface area contributed by atoms with E-state index in [1.165, 1.54) is 19.2 Å². The molecule has 3 aromatic rings. The van der Waals surface area contributed by atoms with Crippen molar-refractivity contribution in [2.24, 2.45) is 0 Å². The molecule has 1 N–H and O–H groups in total. The Bertz CT molecular complexity index is 1360. The summed E-state index contributed by atoms with van der Waals surface area (Å²) in [7, 11) is 4.47. The van der Waals surface area contributed by atoms with Crippen LogP contribution in [0.2, 0.25) is 5.02 Å². The van der Waals surface area contributed by atoms with Gasteiger partial charge in [0.25, 0.3) is 5.91 Å². The van der Waals surface area contributed by atoms with Gasteiger partial charge in [-0.25, -0.2) is 9.48 Å². The van der Waals surface area contributed by atoms with E-state index in [1.807, 2.05) is 30.4 Å². The maximum Gasteiger partial charge on any atom is 0.337 e. The molecule has 8 nitrogen and oxygen atoms in total. The number of amides is 1. The molecule has 1 amide bonds. The zero-order valence-corrected chi connectivity index (χ0v) is 21.0. The van der Waals surface area contributed by atoms with Crippen LogP contribution in [0.3, 0.4) is 0 Å². The van der Waals surface area contributed by atoms with Crippen LogP contribution in [0, 0.1) is 0 Å². The van der Waals surface area contributed by atoms with Crippen LogP contribution in [0.1, 0.15) is 44.9 Å². The van der Waals surface area contributed by atoms with Gasteiger partial charge in [-0.1, -0.05) is 23.8 Å². The smallest absolute Gasteiger partial charge is 0.337 e. The molecule has 1 aliphatic heterocycles. The second-order valence-electron chi connectivity index (χ2n) is 8.02. The monoisotopic (exact) mass is 507 g/mol. The number of ether oxygens (including phenoxy) is 3. The third kappa shape index (κ3) is 5.28. The third-order valence-corrected chi connectivity index (χ3v) is 6.07. The molecule has 0 saturated heterocycles. The fraction of sp³-hybridized carbons (Fsp3) is 0.222. The average Bonchev–Trinajstić information content (AvgIpc) is 3.34. The molecule has 0 unspecified atom stereocenters. The van der Waals surface area contributed by atoms with Crippen molar-refractivity contribution in [2.45, 2.75) is 19.3 Å². The molecular weight excluding hydrogens is 482 g/mol. The zero-order chi connectivity index (χ0) is 25.7. The normalized spacial score (nSPS) is 15.3. The molecule has 9 heteroatoms. The third-order valence-electron chi connectivity index (χ3n) is 5.76. The van der Waals surface area contributed by atoms with Crippen molar-refractivity contribution >= 4 is 34.9 Å². The molecule has 1 aromatic heterocycles. The van der Waals surface area contributed by atoms with Gasteiger partial charge in [0.15, 0.2) is 17.2 Å². The Balaban J connectivity index is 1.68. The van der Waals surface area contributed by atoms with Gasteiger partial charge in [-0.2, -0.15) is 5.10 Å². The second-order valence-corrected chi connectivity index (χ2v) is 8.42. The van der Waals surface area contributed by atoms with Gasteiger partial charge in [0.2, 0.25) is 0 Å². The maximum absolute atomic E-state index is 13.1. The van der Waals surface area contributed by atoms with Crippen molar-refractivity contribution in [3.8, 4) is 11.5 Å². The highest BCUT2D eigenvalue weighted by atomic mass is 35.5. The predicted molar refractivity (Wildman–Crippen MR) is 138 cm³/mol. The van der Waals surface area contributed by atoms with Crippen molar-refractivity contribution < 1.29 is 23.8 Å². The number of nitrogens with one attached hydrogen (secondary N) is 1. The molecule has 36 heavy (non-hydrogen) atoms. The van der Waals surface area contributed by atoms with Crippen molar-refractivity contribution in [3.63, 3.8) is 0 Å². The van der Waals surface area contributed by atoms with Crippen molar-refractivity contribution in [3.05, 3.63) is 88.2 Å². The Kier molecular flexibility index (Phi) is 7.75. The fourth-order valence-electron chi connectivity index (χ4n) is 3.91. The minimum Gasteiger partial charge on any atom is -0.493 e. The summed E-state index contributed by atoms with van der Waals surface area (Å²) < 4.78 is 17.3. The van der Waals surface area contributed by atoms with E-state index in [-0.39, 0.29) is 10.7 Å². The Labute approximate surface area is 214 Å². The van der Waals surface area contributed by atoms with E-state index >= 15 is 0 Å². The molecule has 0 spiro atoms. The Morgan fingerprint density at radius 3 is 2.56 bits per heavy atom. The van der Waals surface area contributed by atoms with Crippen LogP contribution in [0.15, 0.2) is 60.7 Å². The first kappa shape index (κ1) is 25.1. The van der Waals surface area contributed by atoms with Crippen LogP contribution in [0.25, 0.3) is 5.70 Å². The van der Waals surface area contributed by atoms with E-state index in [9.17, 15) is 9.59 Å². The molecule has 2 heterocycles. The number of halogens is 1. The van der Waals surface area contributed by atoms with E-state index < -0.39 is 11.9 Å². The summed E-state index contributed by atoms with van der Waals surface area (Å²) in [5, 5.41) is 7.65. The molecule has 0 radical (unpaired) electrons. The summed E-state index contributed by atoms with van der Waals surface area (Å²) >= 11 is 6.29. The highest BCUT2D eigenvalue weighted by Gasteiger charge is 2.20. The topological polar surface area (TPSA) is 91.7 Å². The molecular formula is C27H26ClN3O5. The summed E-state index contributed by atoms with van der Waals surface area (Å²) in [6.45, 7) is 0. The van der Waals surface area contributed by atoms with Gasteiger partial charge < -0.3 is 19.5 Å². The van der Waals surface area contributed by atoms with Crippen molar-refractivity contribution in [2.75, 3.05) is 26.6 Å². The first-order chi connectivity index (χ1) is 17.4. The summed E-state index contributed by atoms with van der Waals surface area (Å²) in [6, 6.07) is 12.0. The molecule has 0 fully saturated rings. The molecule has 1 aliphatic rings. The quantitative estimate of drug-likeness (QED) is 0.451. The molecule has 2 aromatic carbocycles. The molecule has 0 saturated carbocycles. The van der Waals surface area contributed by atoms with Gasteiger partial charge in [-0.3, -0.25) is 4.79 Å². The van der Waals surface area contributed by atoms with E-state index in [0.29, 0.717) is 22.7 Å². The molecule has 0 atom stereocenters. The lowest BCUT2D eigenvalue weighted by Crippen LogP contribution is -2.14. The molecule has 0 bridgehead atoms. The van der Waals surface area contributed by atoms with Crippen LogP contribution in [-0.4, -0.2) is 43.0 Å². The number of carbonyl (C=O) groups excluding carboxylic acids is 2.